The van der Waals surface area contributed by atoms with Gasteiger partial charge in [-0.05, 0) is 95.5 Å². The number of hydrogen-bond acceptors (Lipinski definition) is 8. The molecule has 2 aromatic carbocycles. The van der Waals surface area contributed by atoms with Gasteiger partial charge in [-0.1, -0.05) is 145 Å². The number of thiophene rings is 4. The second-order valence-electron chi connectivity index (χ2n) is 19.7. The fraction of sp³-hybridized carbons (Fsp3) is 0.552. The first kappa shape index (κ1) is 50.7. The molecule has 4 atom stereocenters. The van der Waals surface area contributed by atoms with Crippen molar-refractivity contribution in [2.45, 2.75) is 171 Å². The fourth-order valence-corrected chi connectivity index (χ4v) is 14.9. The van der Waals surface area contributed by atoms with Crippen molar-refractivity contribution < 1.29 is 19.4 Å². The Morgan fingerprint density at radius 1 is 0.574 bits per heavy atom. The van der Waals surface area contributed by atoms with E-state index in [9.17, 15) is 9.90 Å². The Bertz CT molecular complexity index is 2830. The highest BCUT2D eigenvalue weighted by molar-refractivity contribution is 7.23. The van der Waals surface area contributed by atoms with Gasteiger partial charge >= 0.3 is 0 Å². The molecule has 0 saturated heterocycles. The maximum atomic E-state index is 14.5. The number of H-pyrrole nitrogens is 1. The van der Waals surface area contributed by atoms with Crippen LogP contribution in [0, 0.1) is 23.7 Å². The summed E-state index contributed by atoms with van der Waals surface area (Å²) in [6.45, 7) is 19.7. The van der Waals surface area contributed by atoms with Crippen LogP contribution in [0.15, 0.2) is 40.0 Å². The Hall–Kier alpha value is -3.70. The van der Waals surface area contributed by atoms with Crippen molar-refractivity contribution in [3.05, 3.63) is 62.2 Å². The molecule has 1 aliphatic heterocycles. The summed E-state index contributed by atoms with van der Waals surface area (Å²) in [5, 5.41) is 21.2. The van der Waals surface area contributed by atoms with Crippen LogP contribution in [-0.2, 0) is 12.8 Å². The molecule has 10 heteroatoms. The Morgan fingerprint density at radius 2 is 1.07 bits per heavy atom. The van der Waals surface area contributed by atoms with E-state index in [-0.39, 0.29) is 11.8 Å². The molecular formula is C58H76N2O4S4. The average Bonchev–Trinajstić information content (AvgIpc) is 4.23. The molecule has 5 aromatic heterocycles. The highest BCUT2D eigenvalue weighted by Gasteiger charge is 2.36. The summed E-state index contributed by atoms with van der Waals surface area (Å²) in [5.41, 5.74) is 4.90. The lowest BCUT2D eigenvalue weighted by atomic mass is 9.90. The molecule has 0 spiro atoms. The van der Waals surface area contributed by atoms with Gasteiger partial charge in [-0.3, -0.25) is 4.79 Å². The van der Waals surface area contributed by atoms with Gasteiger partial charge in [0.1, 0.15) is 11.5 Å². The number of amides is 1. The summed E-state index contributed by atoms with van der Waals surface area (Å²) in [7, 11) is 0. The summed E-state index contributed by atoms with van der Waals surface area (Å²) in [5.74, 6) is 3.72. The maximum Gasteiger partial charge on any atom is 0.280 e. The number of ether oxygens (including phenoxy) is 2. The Balaban J connectivity index is 1.24. The van der Waals surface area contributed by atoms with Crippen molar-refractivity contribution in [3.63, 3.8) is 0 Å². The minimum absolute atomic E-state index is 0.00970. The number of aromatic hydroxyl groups is 1. The largest absolute Gasteiger partial charge is 0.494 e. The molecule has 0 radical (unpaired) electrons. The van der Waals surface area contributed by atoms with Gasteiger partial charge < -0.3 is 19.6 Å². The third kappa shape index (κ3) is 10.4. The first-order chi connectivity index (χ1) is 33.2. The lowest BCUT2D eigenvalue weighted by molar-refractivity contribution is 0.101. The van der Waals surface area contributed by atoms with Crippen molar-refractivity contribution in [1.82, 2.24) is 4.98 Å². The van der Waals surface area contributed by atoms with Gasteiger partial charge in [-0.2, -0.15) is 0 Å². The summed E-state index contributed by atoms with van der Waals surface area (Å²) >= 11 is 6.97. The lowest BCUT2D eigenvalue weighted by Crippen LogP contribution is -2.11. The van der Waals surface area contributed by atoms with E-state index in [4.69, 9.17) is 14.5 Å². The molecule has 0 bridgehead atoms. The number of rotatable bonds is 28. The van der Waals surface area contributed by atoms with E-state index < -0.39 is 0 Å². The number of aliphatic imine (C=N–C) groups is 1. The molecule has 0 aliphatic carbocycles. The van der Waals surface area contributed by atoms with Crippen molar-refractivity contribution in [2.24, 2.45) is 28.7 Å². The van der Waals surface area contributed by atoms with Gasteiger partial charge in [-0.25, -0.2) is 4.99 Å². The number of aromatic nitrogens is 1. The third-order valence-corrected chi connectivity index (χ3v) is 19.3. The molecule has 2 N–H and O–H groups in total. The quantitative estimate of drug-likeness (QED) is 0.0512. The van der Waals surface area contributed by atoms with Crippen molar-refractivity contribution in [1.29, 1.82) is 0 Å². The SMILES string of the molecule is CCCCC(CC)COc1c2cc(C3=NC(=O)c4c(-c5cc6c(CC(CC)CCCC)c7sccc7c(OCC(CC)CCCC)c6s5)[nH]c(O)c43)sc2c(CC(CC)CCCC)c2ccsc12. The summed E-state index contributed by atoms with van der Waals surface area (Å²) in [6.07, 6.45) is 20.8. The van der Waals surface area contributed by atoms with Gasteiger partial charge in [0.15, 0.2) is 5.88 Å². The predicted octanol–water partition coefficient (Wildman–Crippen LogP) is 18.9. The standard InChI is InChI=1S/C58H76N2O4S4/c1-9-17-21-35(13-5)29-41-39-25-27-66-55(39)52(64-34-38(16-8)24-20-12-4)44-32-46(67-54(41)44)50-48-47(57(61)60-50)49(59-58(48)62)45-31-43-42(30-36(14-6)22-18-10-2)53-40(26-28-65-53)51(56(43)68-45)63-33-37(15-7)23-19-11-3/h25-28,31-32,35-38,59,62H,9-24,29-30,33-34H2,1-8H3. The topological polar surface area (TPSA) is 83.9 Å². The van der Waals surface area contributed by atoms with Crippen molar-refractivity contribution >= 4 is 97.3 Å². The number of carbonyl (C=O) groups is 1. The Labute approximate surface area is 422 Å². The van der Waals surface area contributed by atoms with Crippen LogP contribution >= 0.6 is 45.3 Å². The van der Waals surface area contributed by atoms with Crippen LogP contribution in [0.25, 0.3) is 50.9 Å². The summed E-state index contributed by atoms with van der Waals surface area (Å²) in [6, 6.07) is 9.02. The second kappa shape index (κ2) is 23.5. The molecule has 366 valence electrons. The molecule has 1 amide bonds. The number of unbranched alkanes of at least 4 members (excludes halogenated alkanes) is 4. The van der Waals surface area contributed by atoms with Gasteiger partial charge in [0, 0.05) is 30.9 Å². The Morgan fingerprint density at radius 3 is 1.65 bits per heavy atom. The zero-order chi connectivity index (χ0) is 47.9. The molecule has 8 rings (SSSR count). The zero-order valence-electron chi connectivity index (χ0n) is 42.2. The third-order valence-electron chi connectivity index (χ3n) is 15.1. The van der Waals surface area contributed by atoms with Crippen LogP contribution < -0.4 is 9.47 Å². The molecule has 1 aliphatic rings. The molecule has 0 saturated carbocycles. The molecule has 4 unspecified atom stereocenters. The van der Waals surface area contributed by atoms with E-state index >= 15 is 0 Å². The van der Waals surface area contributed by atoms with Crippen LogP contribution in [0.2, 0.25) is 0 Å². The van der Waals surface area contributed by atoms with E-state index in [0.717, 1.165) is 82.7 Å². The summed E-state index contributed by atoms with van der Waals surface area (Å²) in [4.78, 5) is 24.4. The number of fused-ring (bicyclic) bond motifs is 5. The van der Waals surface area contributed by atoms with Crippen LogP contribution in [-0.4, -0.2) is 34.9 Å². The molecule has 0 fully saturated rings. The van der Waals surface area contributed by atoms with Crippen LogP contribution in [0.4, 0.5) is 0 Å². The Kier molecular flexibility index (Phi) is 17.5. The van der Waals surface area contributed by atoms with E-state index in [1.807, 2.05) is 11.3 Å². The number of aromatic amines is 1. The van der Waals surface area contributed by atoms with E-state index in [2.05, 4.69) is 95.4 Å². The predicted molar refractivity (Wildman–Crippen MR) is 297 cm³/mol. The molecular weight excluding hydrogens is 917 g/mol. The highest BCUT2D eigenvalue weighted by atomic mass is 32.1. The number of carbonyl (C=O) groups excluding carboxylic acids is 1. The lowest BCUT2D eigenvalue weighted by Gasteiger charge is -2.19. The molecule has 6 nitrogen and oxygen atoms in total. The first-order valence-corrected chi connectivity index (χ1v) is 29.9. The van der Waals surface area contributed by atoms with Crippen molar-refractivity contribution in [2.75, 3.05) is 13.2 Å². The number of benzene rings is 2. The van der Waals surface area contributed by atoms with Crippen LogP contribution in [0.3, 0.4) is 0 Å². The molecule has 68 heavy (non-hydrogen) atoms. The van der Waals surface area contributed by atoms with E-state index in [1.165, 1.54) is 106 Å². The first-order valence-electron chi connectivity index (χ1n) is 26.5. The number of nitrogens with zero attached hydrogens (tertiary/aromatic N) is 1. The normalized spacial score (nSPS) is 14.7. The minimum Gasteiger partial charge on any atom is -0.494 e. The zero-order valence-corrected chi connectivity index (χ0v) is 45.4. The van der Waals surface area contributed by atoms with Gasteiger partial charge in [0.25, 0.3) is 5.91 Å². The second-order valence-corrected chi connectivity index (χ2v) is 23.6. The van der Waals surface area contributed by atoms with Gasteiger partial charge in [-0.15, -0.1) is 45.3 Å². The van der Waals surface area contributed by atoms with Gasteiger partial charge in [0.2, 0.25) is 0 Å². The monoisotopic (exact) mass is 992 g/mol. The van der Waals surface area contributed by atoms with Crippen molar-refractivity contribution in [3.8, 4) is 28.0 Å². The average molecular weight is 994 g/mol. The highest BCUT2D eigenvalue weighted by Crippen LogP contribution is 2.52. The van der Waals surface area contributed by atoms with Crippen LogP contribution in [0.1, 0.15) is 190 Å². The summed E-state index contributed by atoms with van der Waals surface area (Å²) < 4.78 is 18.8. The maximum absolute atomic E-state index is 14.5. The fourth-order valence-electron chi connectivity index (χ4n) is 10.6. The van der Waals surface area contributed by atoms with Gasteiger partial charge in [0.05, 0.1) is 54.9 Å². The number of nitrogens with one attached hydrogen (secondary N) is 1. The molecule has 7 aromatic rings. The smallest absolute Gasteiger partial charge is 0.280 e. The van der Waals surface area contributed by atoms with E-state index in [1.54, 1.807) is 34.0 Å². The van der Waals surface area contributed by atoms with Crippen LogP contribution in [0.5, 0.6) is 17.4 Å². The van der Waals surface area contributed by atoms with E-state index in [0.29, 0.717) is 59.4 Å². The number of hydrogen-bond donors (Lipinski definition) is 2. The molecule has 6 heterocycles. The minimum atomic E-state index is -0.313.